The second-order valence-electron chi connectivity index (χ2n) is 5.27. The van der Waals surface area contributed by atoms with Crippen LogP contribution in [0.3, 0.4) is 0 Å². The van der Waals surface area contributed by atoms with Gasteiger partial charge in [-0.1, -0.05) is 38.1 Å². The lowest BCUT2D eigenvalue weighted by atomic mass is 9.92. The van der Waals surface area contributed by atoms with Gasteiger partial charge >= 0.3 is 0 Å². The van der Waals surface area contributed by atoms with Crippen molar-refractivity contribution in [3.63, 3.8) is 0 Å². The zero-order chi connectivity index (χ0) is 13.8. The average molecular weight is 255 g/mol. The molecule has 3 heteroatoms. The first-order chi connectivity index (χ1) is 9.08. The average Bonchev–Trinajstić information content (AvgIpc) is 2.37. The topological polar surface area (TPSA) is 37.8 Å². The van der Waals surface area contributed by atoms with Crippen LogP contribution < -0.4 is 5.32 Å². The van der Waals surface area contributed by atoms with Crippen LogP contribution in [0.2, 0.25) is 0 Å². The van der Waals surface area contributed by atoms with E-state index in [0.717, 1.165) is 11.5 Å². The number of nitrogens with zero attached hydrogens (tertiary/aromatic N) is 2. The molecule has 0 radical (unpaired) electrons. The van der Waals surface area contributed by atoms with Crippen LogP contribution in [0.5, 0.6) is 0 Å². The van der Waals surface area contributed by atoms with Gasteiger partial charge in [0.05, 0.1) is 6.04 Å². The number of rotatable bonds is 4. The second kappa shape index (κ2) is 5.83. The van der Waals surface area contributed by atoms with Gasteiger partial charge in [-0.05, 0) is 30.9 Å². The molecule has 0 saturated carbocycles. The van der Waals surface area contributed by atoms with Crippen LogP contribution in [-0.2, 0) is 0 Å². The molecule has 1 atom stereocenters. The molecular formula is C16H21N3. The standard InChI is InChI=1S/C16H21N3/c1-11(2)16(14-8-6-5-7-12(14)3)19-15-9-13(4)17-10-18-15/h5-11,16H,1-4H3,(H,17,18,19). The molecule has 0 aliphatic carbocycles. The van der Waals surface area contributed by atoms with Crippen LogP contribution in [0, 0.1) is 19.8 Å². The van der Waals surface area contributed by atoms with Crippen LogP contribution >= 0.6 is 0 Å². The van der Waals surface area contributed by atoms with Gasteiger partial charge in [0.15, 0.2) is 0 Å². The highest BCUT2D eigenvalue weighted by molar-refractivity contribution is 5.41. The summed E-state index contributed by atoms with van der Waals surface area (Å²) in [6, 6.07) is 10.7. The van der Waals surface area contributed by atoms with E-state index in [9.17, 15) is 0 Å². The SMILES string of the molecule is Cc1cc(NC(c2ccccc2C)C(C)C)ncn1. The van der Waals surface area contributed by atoms with Gasteiger partial charge in [0.25, 0.3) is 0 Å². The van der Waals surface area contributed by atoms with E-state index in [1.807, 2.05) is 13.0 Å². The maximum atomic E-state index is 4.29. The maximum Gasteiger partial charge on any atom is 0.130 e. The summed E-state index contributed by atoms with van der Waals surface area (Å²) >= 11 is 0. The Bertz CT molecular complexity index is 549. The third-order valence-electron chi connectivity index (χ3n) is 3.30. The van der Waals surface area contributed by atoms with Crippen LogP contribution in [0.15, 0.2) is 36.7 Å². The second-order valence-corrected chi connectivity index (χ2v) is 5.27. The molecule has 0 spiro atoms. The zero-order valence-electron chi connectivity index (χ0n) is 12.0. The molecule has 0 aliphatic rings. The molecule has 1 heterocycles. The largest absolute Gasteiger partial charge is 0.363 e. The summed E-state index contributed by atoms with van der Waals surface area (Å²) in [5.41, 5.74) is 3.61. The molecule has 0 aliphatic heterocycles. The monoisotopic (exact) mass is 255 g/mol. The summed E-state index contributed by atoms with van der Waals surface area (Å²) in [6.45, 7) is 8.57. The van der Waals surface area contributed by atoms with Gasteiger partial charge < -0.3 is 5.32 Å². The van der Waals surface area contributed by atoms with Crippen molar-refractivity contribution in [2.75, 3.05) is 5.32 Å². The molecule has 2 rings (SSSR count). The number of benzene rings is 1. The van der Waals surface area contributed by atoms with Gasteiger partial charge in [0.2, 0.25) is 0 Å². The third-order valence-corrected chi connectivity index (χ3v) is 3.30. The van der Waals surface area contributed by atoms with Gasteiger partial charge in [0.1, 0.15) is 12.1 Å². The predicted octanol–water partition coefficient (Wildman–Crippen LogP) is 3.90. The highest BCUT2D eigenvalue weighted by atomic mass is 15.0. The smallest absolute Gasteiger partial charge is 0.130 e. The van der Waals surface area contributed by atoms with Gasteiger partial charge in [-0.25, -0.2) is 9.97 Å². The van der Waals surface area contributed by atoms with Crippen LogP contribution in [0.1, 0.15) is 36.7 Å². The summed E-state index contributed by atoms with van der Waals surface area (Å²) in [6.07, 6.45) is 1.60. The molecule has 1 N–H and O–H groups in total. The third kappa shape index (κ3) is 3.31. The van der Waals surface area contributed by atoms with E-state index >= 15 is 0 Å². The van der Waals surface area contributed by atoms with E-state index in [4.69, 9.17) is 0 Å². The predicted molar refractivity (Wildman–Crippen MR) is 79.1 cm³/mol. The van der Waals surface area contributed by atoms with Gasteiger partial charge in [-0.2, -0.15) is 0 Å². The molecular weight excluding hydrogens is 234 g/mol. The zero-order valence-corrected chi connectivity index (χ0v) is 12.0. The Morgan fingerprint density at radius 3 is 2.42 bits per heavy atom. The van der Waals surface area contributed by atoms with Crippen molar-refractivity contribution in [3.05, 3.63) is 53.5 Å². The minimum atomic E-state index is 0.260. The quantitative estimate of drug-likeness (QED) is 0.900. The van der Waals surface area contributed by atoms with Crippen molar-refractivity contribution in [3.8, 4) is 0 Å². The van der Waals surface area contributed by atoms with E-state index in [2.05, 4.69) is 60.3 Å². The summed E-state index contributed by atoms with van der Waals surface area (Å²) < 4.78 is 0. The molecule has 0 fully saturated rings. The number of aromatic nitrogens is 2. The maximum absolute atomic E-state index is 4.29. The van der Waals surface area contributed by atoms with Gasteiger partial charge in [-0.3, -0.25) is 0 Å². The Labute approximate surface area is 115 Å². The highest BCUT2D eigenvalue weighted by Gasteiger charge is 2.17. The minimum absolute atomic E-state index is 0.260. The molecule has 1 unspecified atom stereocenters. The van der Waals surface area contributed by atoms with Crippen molar-refractivity contribution < 1.29 is 0 Å². The van der Waals surface area contributed by atoms with E-state index in [0.29, 0.717) is 5.92 Å². The van der Waals surface area contributed by atoms with Crippen molar-refractivity contribution >= 4 is 5.82 Å². The summed E-state index contributed by atoms with van der Waals surface area (Å²) in [5, 5.41) is 3.53. The van der Waals surface area contributed by atoms with Crippen LogP contribution in [0.4, 0.5) is 5.82 Å². The van der Waals surface area contributed by atoms with Crippen molar-refractivity contribution in [1.29, 1.82) is 0 Å². The fraction of sp³-hybridized carbons (Fsp3) is 0.375. The van der Waals surface area contributed by atoms with E-state index < -0.39 is 0 Å². The molecule has 3 nitrogen and oxygen atoms in total. The molecule has 1 aromatic heterocycles. The Balaban J connectivity index is 2.29. The first kappa shape index (κ1) is 13.5. The normalized spacial score (nSPS) is 12.5. The molecule has 0 amide bonds. The summed E-state index contributed by atoms with van der Waals surface area (Å²) in [4.78, 5) is 8.43. The Morgan fingerprint density at radius 2 is 1.79 bits per heavy atom. The van der Waals surface area contributed by atoms with Crippen LogP contribution in [0.25, 0.3) is 0 Å². The molecule has 1 aromatic carbocycles. The minimum Gasteiger partial charge on any atom is -0.363 e. The van der Waals surface area contributed by atoms with E-state index in [1.54, 1.807) is 6.33 Å². The van der Waals surface area contributed by atoms with Crippen molar-refractivity contribution in [2.45, 2.75) is 33.7 Å². The Kier molecular flexibility index (Phi) is 4.15. The van der Waals surface area contributed by atoms with Gasteiger partial charge in [-0.15, -0.1) is 0 Å². The van der Waals surface area contributed by atoms with Gasteiger partial charge in [0, 0.05) is 11.8 Å². The highest BCUT2D eigenvalue weighted by Crippen LogP contribution is 2.27. The number of hydrogen-bond acceptors (Lipinski definition) is 3. The first-order valence-electron chi connectivity index (χ1n) is 6.68. The lowest BCUT2D eigenvalue weighted by Crippen LogP contribution is -2.18. The first-order valence-corrected chi connectivity index (χ1v) is 6.68. The Hall–Kier alpha value is -1.90. The van der Waals surface area contributed by atoms with Crippen LogP contribution in [-0.4, -0.2) is 9.97 Å². The lowest BCUT2D eigenvalue weighted by molar-refractivity contribution is 0.542. The number of anilines is 1. The molecule has 0 saturated heterocycles. The summed E-state index contributed by atoms with van der Waals surface area (Å²) in [7, 11) is 0. The number of aryl methyl sites for hydroxylation is 2. The molecule has 19 heavy (non-hydrogen) atoms. The van der Waals surface area contributed by atoms with E-state index in [1.165, 1.54) is 11.1 Å². The Morgan fingerprint density at radius 1 is 1.05 bits per heavy atom. The lowest BCUT2D eigenvalue weighted by Gasteiger charge is -2.25. The fourth-order valence-corrected chi connectivity index (χ4v) is 2.23. The summed E-state index contributed by atoms with van der Waals surface area (Å²) in [5.74, 6) is 1.37. The fourth-order valence-electron chi connectivity index (χ4n) is 2.23. The molecule has 0 bridgehead atoms. The van der Waals surface area contributed by atoms with E-state index in [-0.39, 0.29) is 6.04 Å². The van der Waals surface area contributed by atoms with Crippen molar-refractivity contribution in [2.24, 2.45) is 5.92 Å². The number of hydrogen-bond donors (Lipinski definition) is 1. The molecule has 100 valence electrons. The van der Waals surface area contributed by atoms with Crippen molar-refractivity contribution in [1.82, 2.24) is 9.97 Å². The number of nitrogens with one attached hydrogen (secondary N) is 1. The molecule has 2 aromatic rings.